The SMILES string of the molecule is Cc1nc2c(OCc3ccccc3)cccn2c1CC(=O)N(C)C. The number of ether oxygens (including phenoxy) is 1. The molecule has 3 aromatic rings. The van der Waals surface area contributed by atoms with E-state index in [9.17, 15) is 4.79 Å². The zero-order valence-corrected chi connectivity index (χ0v) is 14.2. The van der Waals surface area contributed by atoms with Crippen LogP contribution in [0.1, 0.15) is 17.0 Å². The number of fused-ring (bicyclic) bond motifs is 1. The van der Waals surface area contributed by atoms with Crippen LogP contribution >= 0.6 is 0 Å². The molecule has 0 saturated heterocycles. The van der Waals surface area contributed by atoms with Crippen LogP contribution in [0.25, 0.3) is 5.65 Å². The van der Waals surface area contributed by atoms with Crippen molar-refractivity contribution >= 4 is 11.6 Å². The van der Waals surface area contributed by atoms with E-state index < -0.39 is 0 Å². The molecule has 124 valence electrons. The summed E-state index contributed by atoms with van der Waals surface area (Å²) in [5, 5.41) is 0. The first kappa shape index (κ1) is 16.1. The molecule has 5 heteroatoms. The van der Waals surface area contributed by atoms with Gasteiger partial charge >= 0.3 is 0 Å². The van der Waals surface area contributed by atoms with Gasteiger partial charge in [0, 0.05) is 20.3 Å². The minimum Gasteiger partial charge on any atom is -0.485 e. The Balaban J connectivity index is 1.89. The minimum atomic E-state index is 0.0514. The van der Waals surface area contributed by atoms with Crippen molar-refractivity contribution in [3.8, 4) is 5.75 Å². The van der Waals surface area contributed by atoms with Gasteiger partial charge in [-0.15, -0.1) is 0 Å². The number of amides is 1. The molecule has 1 aromatic carbocycles. The van der Waals surface area contributed by atoms with Gasteiger partial charge in [0.15, 0.2) is 11.4 Å². The smallest absolute Gasteiger partial charge is 0.228 e. The molecule has 0 spiro atoms. The van der Waals surface area contributed by atoms with Crippen LogP contribution in [0, 0.1) is 6.92 Å². The number of hydrogen-bond acceptors (Lipinski definition) is 3. The van der Waals surface area contributed by atoms with Crippen LogP contribution in [0.5, 0.6) is 5.75 Å². The zero-order valence-electron chi connectivity index (χ0n) is 14.2. The highest BCUT2D eigenvalue weighted by molar-refractivity contribution is 5.78. The summed E-state index contributed by atoms with van der Waals surface area (Å²) in [4.78, 5) is 18.3. The molecule has 0 saturated carbocycles. The van der Waals surface area contributed by atoms with E-state index in [0.29, 0.717) is 18.8 Å². The number of likely N-dealkylation sites (N-methyl/N-ethyl adjacent to an activating group) is 1. The third kappa shape index (κ3) is 3.25. The summed E-state index contributed by atoms with van der Waals surface area (Å²) in [7, 11) is 3.52. The fourth-order valence-corrected chi connectivity index (χ4v) is 2.57. The second-order valence-corrected chi connectivity index (χ2v) is 5.95. The molecular formula is C19H21N3O2. The van der Waals surface area contributed by atoms with Gasteiger partial charge in [0.1, 0.15) is 6.61 Å². The number of carbonyl (C=O) groups excluding carboxylic acids is 1. The van der Waals surface area contributed by atoms with Gasteiger partial charge < -0.3 is 14.0 Å². The lowest BCUT2D eigenvalue weighted by molar-refractivity contribution is -0.128. The van der Waals surface area contributed by atoms with Gasteiger partial charge in [-0.25, -0.2) is 4.98 Å². The van der Waals surface area contributed by atoms with Gasteiger partial charge in [0.2, 0.25) is 5.91 Å². The molecule has 0 aliphatic carbocycles. The summed E-state index contributed by atoms with van der Waals surface area (Å²) < 4.78 is 7.89. The van der Waals surface area contributed by atoms with Crippen LogP contribution in [0.4, 0.5) is 0 Å². The Labute approximate surface area is 141 Å². The average molecular weight is 323 g/mol. The van der Waals surface area contributed by atoms with Crippen molar-refractivity contribution in [1.29, 1.82) is 0 Å². The molecule has 5 nitrogen and oxygen atoms in total. The second kappa shape index (κ2) is 6.74. The Hall–Kier alpha value is -2.82. The normalized spacial score (nSPS) is 10.8. The van der Waals surface area contributed by atoms with E-state index in [4.69, 9.17) is 4.74 Å². The maximum absolute atomic E-state index is 12.1. The van der Waals surface area contributed by atoms with Gasteiger partial charge in [-0.3, -0.25) is 4.79 Å². The first-order chi connectivity index (χ1) is 11.6. The first-order valence-corrected chi connectivity index (χ1v) is 7.89. The van der Waals surface area contributed by atoms with E-state index in [0.717, 1.165) is 22.6 Å². The fraction of sp³-hybridized carbons (Fsp3) is 0.263. The van der Waals surface area contributed by atoms with Crippen LogP contribution in [0.2, 0.25) is 0 Å². The number of aromatic nitrogens is 2. The fourth-order valence-electron chi connectivity index (χ4n) is 2.57. The van der Waals surface area contributed by atoms with Gasteiger partial charge in [-0.2, -0.15) is 0 Å². The van der Waals surface area contributed by atoms with Gasteiger partial charge in [-0.1, -0.05) is 30.3 Å². The lowest BCUT2D eigenvalue weighted by Gasteiger charge is -2.11. The van der Waals surface area contributed by atoms with Crippen LogP contribution < -0.4 is 4.74 Å². The predicted octanol–water partition coefficient (Wildman–Crippen LogP) is 2.85. The standard InChI is InChI=1S/C19H21N3O2/c1-14-16(12-18(23)21(2)3)22-11-7-10-17(19(22)20-14)24-13-15-8-5-4-6-9-15/h4-11H,12-13H2,1-3H3. The number of imidazole rings is 1. The molecule has 3 rings (SSSR count). The maximum Gasteiger partial charge on any atom is 0.228 e. The number of aryl methyl sites for hydroxylation is 1. The first-order valence-electron chi connectivity index (χ1n) is 7.89. The van der Waals surface area contributed by atoms with Crippen molar-refractivity contribution in [2.45, 2.75) is 20.0 Å². The number of pyridine rings is 1. The highest BCUT2D eigenvalue weighted by atomic mass is 16.5. The van der Waals surface area contributed by atoms with E-state index in [1.807, 2.05) is 60.0 Å². The Kier molecular flexibility index (Phi) is 4.51. The van der Waals surface area contributed by atoms with Crippen molar-refractivity contribution in [2.75, 3.05) is 14.1 Å². The molecule has 0 N–H and O–H groups in total. The highest BCUT2D eigenvalue weighted by Gasteiger charge is 2.16. The van der Waals surface area contributed by atoms with Crippen LogP contribution in [-0.2, 0) is 17.8 Å². The topological polar surface area (TPSA) is 46.8 Å². The summed E-state index contributed by atoms with van der Waals surface area (Å²) in [5.74, 6) is 0.767. The Morgan fingerprint density at radius 2 is 1.92 bits per heavy atom. The number of rotatable bonds is 5. The van der Waals surface area contributed by atoms with Crippen molar-refractivity contribution in [3.63, 3.8) is 0 Å². The number of nitrogens with zero attached hydrogens (tertiary/aromatic N) is 3. The van der Waals surface area contributed by atoms with Crippen molar-refractivity contribution in [1.82, 2.24) is 14.3 Å². The van der Waals surface area contributed by atoms with Crippen molar-refractivity contribution < 1.29 is 9.53 Å². The monoisotopic (exact) mass is 323 g/mol. The molecule has 0 radical (unpaired) electrons. The van der Waals surface area contributed by atoms with E-state index in [1.54, 1.807) is 19.0 Å². The van der Waals surface area contributed by atoms with Gasteiger partial charge in [0.05, 0.1) is 17.8 Å². The molecule has 0 fully saturated rings. The summed E-state index contributed by atoms with van der Waals surface area (Å²) in [6.45, 7) is 2.41. The summed E-state index contributed by atoms with van der Waals surface area (Å²) in [6, 6.07) is 13.8. The van der Waals surface area contributed by atoms with E-state index in [-0.39, 0.29) is 5.91 Å². The molecule has 0 aliphatic heterocycles. The molecule has 0 bridgehead atoms. The van der Waals surface area contributed by atoms with Crippen LogP contribution in [0.3, 0.4) is 0 Å². The number of carbonyl (C=O) groups is 1. The molecular weight excluding hydrogens is 302 g/mol. The number of hydrogen-bond donors (Lipinski definition) is 0. The predicted molar refractivity (Wildman–Crippen MR) is 93.1 cm³/mol. The minimum absolute atomic E-state index is 0.0514. The number of benzene rings is 1. The van der Waals surface area contributed by atoms with E-state index in [1.165, 1.54) is 0 Å². The van der Waals surface area contributed by atoms with Crippen LogP contribution in [0.15, 0.2) is 48.7 Å². The van der Waals surface area contributed by atoms with Crippen molar-refractivity contribution in [3.05, 3.63) is 65.6 Å². The second-order valence-electron chi connectivity index (χ2n) is 5.95. The molecule has 0 unspecified atom stereocenters. The van der Waals surface area contributed by atoms with Gasteiger partial charge in [-0.05, 0) is 24.6 Å². The Bertz CT molecular complexity index is 854. The molecule has 24 heavy (non-hydrogen) atoms. The molecule has 2 heterocycles. The molecule has 1 amide bonds. The Morgan fingerprint density at radius 1 is 1.17 bits per heavy atom. The third-order valence-electron chi connectivity index (χ3n) is 3.97. The summed E-state index contributed by atoms with van der Waals surface area (Å²) >= 11 is 0. The van der Waals surface area contributed by atoms with E-state index >= 15 is 0 Å². The molecule has 0 aliphatic rings. The molecule has 0 atom stereocenters. The highest BCUT2D eigenvalue weighted by Crippen LogP contribution is 2.23. The third-order valence-corrected chi connectivity index (χ3v) is 3.97. The van der Waals surface area contributed by atoms with Crippen molar-refractivity contribution in [2.24, 2.45) is 0 Å². The van der Waals surface area contributed by atoms with Crippen LogP contribution in [-0.4, -0.2) is 34.3 Å². The lowest BCUT2D eigenvalue weighted by Crippen LogP contribution is -2.24. The molecule has 2 aromatic heterocycles. The largest absolute Gasteiger partial charge is 0.485 e. The lowest BCUT2D eigenvalue weighted by atomic mass is 10.2. The summed E-state index contributed by atoms with van der Waals surface area (Å²) in [6.07, 6.45) is 2.24. The quantitative estimate of drug-likeness (QED) is 0.725. The van der Waals surface area contributed by atoms with Gasteiger partial charge in [0.25, 0.3) is 0 Å². The Morgan fingerprint density at radius 3 is 2.62 bits per heavy atom. The average Bonchev–Trinajstić information content (AvgIpc) is 2.90. The summed E-state index contributed by atoms with van der Waals surface area (Å²) in [5.41, 5.74) is 3.59. The zero-order chi connectivity index (χ0) is 17.1. The maximum atomic E-state index is 12.1. The van der Waals surface area contributed by atoms with E-state index in [2.05, 4.69) is 4.98 Å².